The van der Waals surface area contributed by atoms with Gasteiger partial charge in [-0.15, -0.1) is 0 Å². The van der Waals surface area contributed by atoms with Crippen molar-refractivity contribution in [2.45, 2.75) is 0 Å². The van der Waals surface area contributed by atoms with E-state index < -0.39 is 0 Å². The maximum atomic E-state index is 8.65. The van der Waals surface area contributed by atoms with Crippen LogP contribution < -0.4 is 0 Å². The maximum absolute atomic E-state index is 8.65. The van der Waals surface area contributed by atoms with Gasteiger partial charge in [0.15, 0.2) is 0 Å². The molecule has 3 rings (SSSR count). The molecule has 0 fully saturated rings. The maximum Gasteiger partial charge on any atom is 0.137 e. The zero-order valence-electron chi connectivity index (χ0n) is 10.1. The molecule has 0 aliphatic heterocycles. The van der Waals surface area contributed by atoms with Gasteiger partial charge in [-0.1, -0.05) is 11.8 Å². The second-order valence-corrected chi connectivity index (χ2v) is 3.99. The summed E-state index contributed by atoms with van der Waals surface area (Å²) in [5.74, 6) is 6.23. The van der Waals surface area contributed by atoms with Gasteiger partial charge in [-0.3, -0.25) is 9.55 Å². The minimum absolute atomic E-state index is 0.143. The molecular weight excluding hydrogens is 238 g/mol. The van der Waals surface area contributed by atoms with Crippen molar-refractivity contribution < 1.29 is 5.11 Å². The largest absolute Gasteiger partial charge is 0.384 e. The average Bonchev–Trinajstić information content (AvgIpc) is 2.90. The number of fused-ring (bicyclic) bond motifs is 1. The van der Waals surface area contributed by atoms with E-state index in [0.717, 1.165) is 22.3 Å². The number of aliphatic hydroxyl groups is 1. The molecule has 0 aliphatic rings. The Morgan fingerprint density at radius 1 is 1.16 bits per heavy atom. The Morgan fingerprint density at radius 2 is 2.11 bits per heavy atom. The molecule has 0 aromatic carbocycles. The first-order chi connectivity index (χ1) is 9.38. The Morgan fingerprint density at radius 3 is 2.89 bits per heavy atom. The third kappa shape index (κ3) is 2.19. The van der Waals surface area contributed by atoms with Crippen LogP contribution in [0.3, 0.4) is 0 Å². The van der Waals surface area contributed by atoms with E-state index in [1.807, 2.05) is 41.2 Å². The summed E-state index contributed by atoms with van der Waals surface area (Å²) in [7, 11) is 0. The first kappa shape index (κ1) is 11.5. The van der Waals surface area contributed by atoms with Crippen molar-refractivity contribution in [3.8, 4) is 17.7 Å². The summed E-state index contributed by atoms with van der Waals surface area (Å²) in [5.41, 5.74) is 1.80. The summed E-state index contributed by atoms with van der Waals surface area (Å²) < 4.78 is 1.98. The predicted molar refractivity (Wildman–Crippen MR) is 72.8 cm³/mol. The van der Waals surface area contributed by atoms with Crippen molar-refractivity contribution in [3.63, 3.8) is 0 Å². The molecule has 4 heteroatoms. The van der Waals surface area contributed by atoms with Crippen molar-refractivity contribution in [2.75, 3.05) is 6.61 Å². The molecule has 0 aliphatic carbocycles. The molecule has 0 unspecified atom stereocenters. The lowest BCUT2D eigenvalue weighted by Gasteiger charge is -2.03. The molecule has 3 aromatic heterocycles. The van der Waals surface area contributed by atoms with Gasteiger partial charge >= 0.3 is 0 Å². The van der Waals surface area contributed by atoms with E-state index in [9.17, 15) is 0 Å². The molecule has 0 amide bonds. The Hall–Kier alpha value is -2.64. The van der Waals surface area contributed by atoms with Crippen LogP contribution in [0.25, 0.3) is 16.7 Å². The number of hydrogen-bond donors (Lipinski definition) is 1. The Labute approximate surface area is 110 Å². The molecule has 0 saturated heterocycles. The fraction of sp³-hybridized carbons (Fsp3) is 0.0667. The third-order valence-electron chi connectivity index (χ3n) is 2.80. The van der Waals surface area contributed by atoms with Gasteiger partial charge in [-0.25, -0.2) is 4.98 Å². The normalized spacial score (nSPS) is 10.2. The van der Waals surface area contributed by atoms with Crippen molar-refractivity contribution in [1.29, 1.82) is 0 Å². The Kier molecular flexibility index (Phi) is 2.97. The van der Waals surface area contributed by atoms with Crippen LogP contribution in [0, 0.1) is 11.8 Å². The SMILES string of the molecule is OCC#Cc1ccc(-n2ccc3ccncc32)nc1. The fourth-order valence-electron chi connectivity index (χ4n) is 1.92. The standard InChI is InChI=1S/C15H11N3O/c19-9-1-2-12-3-4-15(17-10-12)18-8-6-13-5-7-16-11-14(13)18/h3-8,10-11,19H,9H2. The first-order valence-electron chi connectivity index (χ1n) is 5.86. The van der Waals surface area contributed by atoms with Gasteiger partial charge in [-0.05, 0) is 24.3 Å². The summed E-state index contributed by atoms with van der Waals surface area (Å²) in [6.07, 6.45) is 7.25. The van der Waals surface area contributed by atoms with Gasteiger partial charge < -0.3 is 5.11 Å². The van der Waals surface area contributed by atoms with Gasteiger partial charge in [0.2, 0.25) is 0 Å². The lowest BCUT2D eigenvalue weighted by molar-refractivity contribution is 0.350. The van der Waals surface area contributed by atoms with Crippen LogP contribution in [0.4, 0.5) is 0 Å². The van der Waals surface area contributed by atoms with Crippen LogP contribution in [0.15, 0.2) is 49.1 Å². The predicted octanol–water partition coefficient (Wildman–Crippen LogP) is 1.76. The monoisotopic (exact) mass is 249 g/mol. The summed E-state index contributed by atoms with van der Waals surface area (Å²) in [6.45, 7) is -0.143. The molecule has 0 atom stereocenters. The second-order valence-electron chi connectivity index (χ2n) is 3.99. The molecule has 4 nitrogen and oxygen atoms in total. The highest BCUT2D eigenvalue weighted by atomic mass is 16.2. The van der Waals surface area contributed by atoms with E-state index >= 15 is 0 Å². The van der Waals surface area contributed by atoms with E-state index in [0.29, 0.717) is 0 Å². The zero-order valence-corrected chi connectivity index (χ0v) is 10.1. The van der Waals surface area contributed by atoms with E-state index in [1.165, 1.54) is 0 Å². The number of rotatable bonds is 1. The summed E-state index contributed by atoms with van der Waals surface area (Å²) in [6, 6.07) is 7.77. The molecule has 19 heavy (non-hydrogen) atoms. The lowest BCUT2D eigenvalue weighted by Crippen LogP contribution is -1.95. The van der Waals surface area contributed by atoms with Gasteiger partial charge in [0.25, 0.3) is 0 Å². The molecule has 0 bridgehead atoms. The fourth-order valence-corrected chi connectivity index (χ4v) is 1.92. The first-order valence-corrected chi connectivity index (χ1v) is 5.86. The molecule has 3 heterocycles. The Bertz CT molecular complexity index is 763. The van der Waals surface area contributed by atoms with Crippen LogP contribution in [0.1, 0.15) is 5.56 Å². The van der Waals surface area contributed by atoms with E-state index in [-0.39, 0.29) is 6.61 Å². The van der Waals surface area contributed by atoms with Gasteiger partial charge in [0.1, 0.15) is 12.4 Å². The lowest BCUT2D eigenvalue weighted by atomic mass is 10.3. The average molecular weight is 249 g/mol. The van der Waals surface area contributed by atoms with E-state index in [1.54, 1.807) is 12.4 Å². The highest BCUT2D eigenvalue weighted by molar-refractivity contribution is 5.80. The minimum Gasteiger partial charge on any atom is -0.384 e. The minimum atomic E-state index is -0.143. The molecular formula is C15H11N3O. The smallest absolute Gasteiger partial charge is 0.137 e. The summed E-state index contributed by atoms with van der Waals surface area (Å²) in [5, 5.41) is 9.77. The molecule has 3 aromatic rings. The number of pyridine rings is 2. The van der Waals surface area contributed by atoms with Gasteiger partial charge in [0, 0.05) is 29.5 Å². The summed E-state index contributed by atoms with van der Waals surface area (Å²) >= 11 is 0. The van der Waals surface area contributed by atoms with Crippen LogP contribution >= 0.6 is 0 Å². The molecule has 92 valence electrons. The summed E-state index contributed by atoms with van der Waals surface area (Å²) in [4.78, 5) is 8.51. The van der Waals surface area contributed by atoms with Crippen molar-refractivity contribution in [2.24, 2.45) is 0 Å². The highest BCUT2D eigenvalue weighted by Crippen LogP contribution is 2.17. The van der Waals surface area contributed by atoms with Crippen molar-refractivity contribution in [1.82, 2.24) is 14.5 Å². The number of aromatic nitrogens is 3. The highest BCUT2D eigenvalue weighted by Gasteiger charge is 2.03. The van der Waals surface area contributed by atoms with E-state index in [4.69, 9.17) is 5.11 Å². The van der Waals surface area contributed by atoms with Crippen LogP contribution in [0.5, 0.6) is 0 Å². The molecule has 0 spiro atoms. The quantitative estimate of drug-likeness (QED) is 0.669. The van der Waals surface area contributed by atoms with Gasteiger partial charge in [0.05, 0.1) is 11.7 Å². The number of nitrogens with zero attached hydrogens (tertiary/aromatic N) is 3. The van der Waals surface area contributed by atoms with Crippen LogP contribution in [-0.2, 0) is 0 Å². The van der Waals surface area contributed by atoms with Crippen LogP contribution in [0.2, 0.25) is 0 Å². The molecule has 0 radical (unpaired) electrons. The topological polar surface area (TPSA) is 50.9 Å². The Balaban J connectivity index is 2.02. The van der Waals surface area contributed by atoms with Crippen LogP contribution in [-0.4, -0.2) is 26.2 Å². The number of hydrogen-bond acceptors (Lipinski definition) is 3. The zero-order chi connectivity index (χ0) is 13.1. The van der Waals surface area contributed by atoms with Crippen molar-refractivity contribution >= 4 is 10.9 Å². The van der Waals surface area contributed by atoms with Gasteiger partial charge in [-0.2, -0.15) is 0 Å². The molecule has 0 saturated carbocycles. The number of aliphatic hydroxyl groups excluding tert-OH is 1. The molecule has 1 N–H and O–H groups in total. The van der Waals surface area contributed by atoms with E-state index in [2.05, 4.69) is 21.8 Å². The third-order valence-corrected chi connectivity index (χ3v) is 2.80. The van der Waals surface area contributed by atoms with Crippen molar-refractivity contribution in [3.05, 3.63) is 54.6 Å². The second kappa shape index (κ2) is 4.92.